The number of aryl methyl sites for hydroxylation is 1. The summed E-state index contributed by atoms with van der Waals surface area (Å²) in [6.07, 6.45) is 2.24. The smallest absolute Gasteiger partial charge is 0.284 e. The fourth-order valence-electron chi connectivity index (χ4n) is 2.28. The minimum Gasteiger partial charge on any atom is -0.305 e. The van der Waals surface area contributed by atoms with Crippen molar-refractivity contribution in [1.29, 1.82) is 0 Å². The standard InChI is InChI=1S/C12H19N3O4S2/c1-8-10(15(16)17)6-12(20-8)21(18,19)13-7-11(14(2)3)9-4-5-9/h6,9,11,13H,4-5,7H2,1-3H3. The summed E-state index contributed by atoms with van der Waals surface area (Å²) >= 11 is 0.928. The summed E-state index contributed by atoms with van der Waals surface area (Å²) in [5.74, 6) is 0.530. The van der Waals surface area contributed by atoms with Gasteiger partial charge in [-0.05, 0) is 39.8 Å². The van der Waals surface area contributed by atoms with Gasteiger partial charge in [0.2, 0.25) is 10.0 Å². The maximum atomic E-state index is 12.2. The second-order valence-corrected chi connectivity index (χ2v) is 8.73. The molecule has 1 unspecified atom stereocenters. The lowest BCUT2D eigenvalue weighted by Crippen LogP contribution is -2.41. The van der Waals surface area contributed by atoms with Gasteiger partial charge in [0.1, 0.15) is 4.21 Å². The molecule has 0 radical (unpaired) electrons. The van der Waals surface area contributed by atoms with Gasteiger partial charge in [-0.25, -0.2) is 13.1 Å². The molecule has 1 fully saturated rings. The molecule has 0 saturated heterocycles. The van der Waals surface area contributed by atoms with Crippen LogP contribution in [0.5, 0.6) is 0 Å². The van der Waals surface area contributed by atoms with E-state index in [1.54, 1.807) is 6.92 Å². The first-order valence-corrected chi connectivity index (χ1v) is 8.93. The fraction of sp³-hybridized carbons (Fsp3) is 0.667. The topological polar surface area (TPSA) is 92.6 Å². The number of nitro groups is 1. The molecule has 0 aromatic carbocycles. The van der Waals surface area contributed by atoms with Crippen LogP contribution in [0.1, 0.15) is 17.7 Å². The van der Waals surface area contributed by atoms with E-state index in [0.717, 1.165) is 30.2 Å². The van der Waals surface area contributed by atoms with Crippen molar-refractivity contribution >= 4 is 27.0 Å². The number of nitrogens with zero attached hydrogens (tertiary/aromatic N) is 2. The number of hydrogen-bond acceptors (Lipinski definition) is 6. The molecule has 0 bridgehead atoms. The van der Waals surface area contributed by atoms with Gasteiger partial charge < -0.3 is 4.90 Å². The van der Waals surface area contributed by atoms with Gasteiger partial charge >= 0.3 is 0 Å². The predicted octanol–water partition coefficient (Wildman–Crippen LogP) is 1.58. The first-order chi connectivity index (χ1) is 9.72. The molecule has 2 rings (SSSR count). The van der Waals surface area contributed by atoms with Crippen LogP contribution in [-0.4, -0.2) is 44.9 Å². The zero-order chi connectivity index (χ0) is 15.8. The largest absolute Gasteiger partial charge is 0.305 e. The number of sulfonamides is 1. The molecule has 0 aliphatic heterocycles. The first kappa shape index (κ1) is 16.3. The molecule has 1 aliphatic rings. The molecule has 1 heterocycles. The fourth-order valence-corrected chi connectivity index (χ4v) is 4.78. The molecule has 118 valence electrons. The van der Waals surface area contributed by atoms with Gasteiger partial charge in [0.25, 0.3) is 5.69 Å². The molecule has 9 heteroatoms. The van der Waals surface area contributed by atoms with E-state index >= 15 is 0 Å². The van der Waals surface area contributed by atoms with Crippen LogP contribution in [0.4, 0.5) is 5.69 Å². The summed E-state index contributed by atoms with van der Waals surface area (Å²) < 4.78 is 27.1. The average molecular weight is 333 g/mol. The third kappa shape index (κ3) is 3.79. The lowest BCUT2D eigenvalue weighted by Gasteiger charge is -2.24. The van der Waals surface area contributed by atoms with E-state index in [1.807, 2.05) is 19.0 Å². The highest BCUT2D eigenvalue weighted by molar-refractivity contribution is 7.91. The summed E-state index contributed by atoms with van der Waals surface area (Å²) in [6.45, 7) is 1.87. The summed E-state index contributed by atoms with van der Waals surface area (Å²) in [7, 11) is 0.164. The Hall–Kier alpha value is -1.03. The highest BCUT2D eigenvalue weighted by Crippen LogP contribution is 2.35. The summed E-state index contributed by atoms with van der Waals surface area (Å²) in [4.78, 5) is 12.7. The maximum absolute atomic E-state index is 12.2. The number of likely N-dealkylation sites (N-methyl/N-ethyl adjacent to an activating group) is 1. The Morgan fingerprint density at radius 3 is 2.57 bits per heavy atom. The molecule has 7 nitrogen and oxygen atoms in total. The van der Waals surface area contributed by atoms with E-state index in [0.29, 0.717) is 17.3 Å². The van der Waals surface area contributed by atoms with Crippen LogP contribution in [0.2, 0.25) is 0 Å². The number of nitrogens with one attached hydrogen (secondary N) is 1. The third-order valence-corrected chi connectivity index (χ3v) is 6.58. The Morgan fingerprint density at radius 2 is 2.14 bits per heavy atom. The number of thiophene rings is 1. The van der Waals surface area contributed by atoms with Crippen molar-refractivity contribution in [2.45, 2.75) is 30.0 Å². The van der Waals surface area contributed by atoms with Gasteiger partial charge in [-0.3, -0.25) is 10.1 Å². The van der Waals surface area contributed by atoms with Gasteiger partial charge in [0, 0.05) is 18.7 Å². The molecule has 1 saturated carbocycles. The Balaban J connectivity index is 2.11. The van der Waals surface area contributed by atoms with E-state index in [9.17, 15) is 18.5 Å². The SMILES string of the molecule is Cc1sc(S(=O)(=O)NCC(C2CC2)N(C)C)cc1[N+](=O)[O-]. The van der Waals surface area contributed by atoms with E-state index in [-0.39, 0.29) is 15.9 Å². The van der Waals surface area contributed by atoms with Gasteiger partial charge in [-0.15, -0.1) is 11.3 Å². The van der Waals surface area contributed by atoms with Gasteiger partial charge in [-0.1, -0.05) is 0 Å². The monoisotopic (exact) mass is 333 g/mol. The van der Waals surface area contributed by atoms with Crippen molar-refractivity contribution in [2.24, 2.45) is 5.92 Å². The zero-order valence-electron chi connectivity index (χ0n) is 12.2. The minimum absolute atomic E-state index is 0.00000283. The van der Waals surface area contributed by atoms with Crippen LogP contribution in [0.3, 0.4) is 0 Å². The molecular weight excluding hydrogens is 314 g/mol. The van der Waals surface area contributed by atoms with E-state index in [2.05, 4.69) is 4.72 Å². The predicted molar refractivity (Wildman–Crippen MR) is 81.1 cm³/mol. The van der Waals surface area contributed by atoms with Crippen molar-refractivity contribution in [3.63, 3.8) is 0 Å². The average Bonchev–Trinajstić information content (AvgIpc) is 3.10. The summed E-state index contributed by atoms with van der Waals surface area (Å²) in [6, 6.07) is 1.29. The van der Waals surface area contributed by atoms with Crippen LogP contribution in [0.25, 0.3) is 0 Å². The van der Waals surface area contributed by atoms with E-state index in [1.165, 1.54) is 0 Å². The highest BCUT2D eigenvalue weighted by Gasteiger charge is 2.34. The Morgan fingerprint density at radius 1 is 1.52 bits per heavy atom. The second-order valence-electron chi connectivity index (χ2n) is 5.48. The highest BCUT2D eigenvalue weighted by atomic mass is 32.2. The normalized spacial score (nSPS) is 17.1. The van der Waals surface area contributed by atoms with E-state index < -0.39 is 14.9 Å². The maximum Gasteiger partial charge on any atom is 0.284 e. The van der Waals surface area contributed by atoms with Gasteiger partial charge in [0.05, 0.1) is 9.80 Å². The molecular formula is C12H19N3O4S2. The van der Waals surface area contributed by atoms with Crippen molar-refractivity contribution in [3.05, 3.63) is 21.1 Å². The van der Waals surface area contributed by atoms with Crippen LogP contribution in [0, 0.1) is 23.0 Å². The Kier molecular flexibility index (Phi) is 4.66. The van der Waals surface area contributed by atoms with Crippen molar-refractivity contribution < 1.29 is 13.3 Å². The van der Waals surface area contributed by atoms with Crippen LogP contribution in [0.15, 0.2) is 10.3 Å². The van der Waals surface area contributed by atoms with Crippen molar-refractivity contribution in [2.75, 3.05) is 20.6 Å². The lowest BCUT2D eigenvalue weighted by molar-refractivity contribution is -0.385. The minimum atomic E-state index is -3.69. The number of rotatable bonds is 7. The first-order valence-electron chi connectivity index (χ1n) is 6.63. The van der Waals surface area contributed by atoms with Crippen LogP contribution >= 0.6 is 11.3 Å². The molecule has 0 spiro atoms. The van der Waals surface area contributed by atoms with Crippen molar-refractivity contribution in [3.8, 4) is 0 Å². The van der Waals surface area contributed by atoms with Gasteiger partial charge in [-0.2, -0.15) is 0 Å². The van der Waals surface area contributed by atoms with E-state index in [4.69, 9.17) is 0 Å². The number of hydrogen-bond donors (Lipinski definition) is 1. The molecule has 21 heavy (non-hydrogen) atoms. The Bertz CT molecular complexity index is 633. The molecule has 1 aliphatic carbocycles. The summed E-state index contributed by atoms with van der Waals surface area (Å²) in [5.41, 5.74) is -0.147. The zero-order valence-corrected chi connectivity index (χ0v) is 13.8. The van der Waals surface area contributed by atoms with Crippen LogP contribution < -0.4 is 4.72 Å². The molecule has 1 aromatic rings. The van der Waals surface area contributed by atoms with Gasteiger partial charge in [0.15, 0.2) is 0 Å². The Labute approximate surface area is 128 Å². The molecule has 0 amide bonds. The molecule has 1 atom stereocenters. The molecule has 1 N–H and O–H groups in total. The molecule has 1 aromatic heterocycles. The quantitative estimate of drug-likeness (QED) is 0.604. The summed E-state index contributed by atoms with van der Waals surface area (Å²) in [5, 5.41) is 10.8. The van der Waals surface area contributed by atoms with Crippen molar-refractivity contribution in [1.82, 2.24) is 9.62 Å². The lowest BCUT2D eigenvalue weighted by atomic mass is 10.2. The van der Waals surface area contributed by atoms with Crippen LogP contribution in [-0.2, 0) is 10.0 Å². The second kappa shape index (κ2) is 5.99. The third-order valence-electron chi connectivity index (χ3n) is 3.64.